The first-order valence-corrected chi connectivity index (χ1v) is 16.8. The molecule has 14 heteroatoms. The van der Waals surface area contributed by atoms with Gasteiger partial charge in [-0.2, -0.15) is 4.98 Å². The highest BCUT2D eigenvalue weighted by Gasteiger charge is 2.38. The summed E-state index contributed by atoms with van der Waals surface area (Å²) in [4.78, 5) is 17.9. The van der Waals surface area contributed by atoms with Crippen molar-refractivity contribution in [2.75, 3.05) is 46.8 Å². The van der Waals surface area contributed by atoms with Gasteiger partial charge >= 0.3 is 0 Å². The normalized spacial score (nSPS) is 23.3. The molecule has 1 N–H and O–H groups in total. The van der Waals surface area contributed by atoms with Gasteiger partial charge in [-0.1, -0.05) is 19.9 Å². The lowest BCUT2D eigenvalue weighted by Crippen LogP contribution is -2.57. The van der Waals surface area contributed by atoms with Gasteiger partial charge in [-0.3, -0.25) is 0 Å². The van der Waals surface area contributed by atoms with Crippen LogP contribution in [0.3, 0.4) is 0 Å². The van der Waals surface area contributed by atoms with Crippen LogP contribution in [-0.4, -0.2) is 102 Å². The van der Waals surface area contributed by atoms with Crippen molar-refractivity contribution >= 4 is 67.4 Å². The quantitative estimate of drug-likeness (QED) is 0.368. The summed E-state index contributed by atoms with van der Waals surface area (Å²) in [6, 6.07) is 8.23. The molecule has 0 unspecified atom stereocenters. The molecule has 1 aromatic carbocycles. The Morgan fingerprint density at radius 1 is 1.14 bits per heavy atom. The van der Waals surface area contributed by atoms with Gasteiger partial charge in [-0.25, -0.2) is 22.8 Å². The molecular formula is C28H40B3FN6O3S. The predicted molar refractivity (Wildman–Crippen MR) is 176 cm³/mol. The van der Waals surface area contributed by atoms with Crippen molar-refractivity contribution in [2.45, 2.75) is 56.7 Å². The van der Waals surface area contributed by atoms with E-state index in [1.807, 2.05) is 40.7 Å². The van der Waals surface area contributed by atoms with E-state index in [2.05, 4.69) is 53.1 Å². The maximum atomic E-state index is 15.0. The Hall–Kier alpha value is -2.86. The number of rotatable bonds is 9. The minimum atomic E-state index is -3.03. The number of aromatic nitrogens is 3. The Morgan fingerprint density at radius 3 is 2.55 bits per heavy atom. The van der Waals surface area contributed by atoms with Crippen LogP contribution in [0.2, 0.25) is 0 Å². The number of piperidine rings is 1. The molecule has 4 atom stereocenters. The minimum Gasteiger partial charge on any atom is -0.394 e. The largest absolute Gasteiger partial charge is 0.394 e. The van der Waals surface area contributed by atoms with E-state index in [4.69, 9.17) is 9.72 Å². The number of alkyl halides is 1. The average molecular weight is 592 g/mol. The lowest BCUT2D eigenvalue weighted by Gasteiger charge is -2.48. The smallest absolute Gasteiger partial charge is 0.227 e. The molecule has 2 aromatic heterocycles. The first kappa shape index (κ1) is 30.6. The molecule has 2 saturated heterocycles. The second kappa shape index (κ2) is 11.7. The first-order valence-electron chi connectivity index (χ1n) is 14.7. The molecule has 0 amide bonds. The third-order valence-corrected chi connectivity index (χ3v) is 9.17. The van der Waals surface area contributed by atoms with Crippen LogP contribution in [0, 0.1) is 5.92 Å². The molecule has 2 fully saturated rings. The van der Waals surface area contributed by atoms with Crippen LogP contribution in [0.5, 0.6) is 0 Å². The number of hydrogen-bond donors (Lipinski definition) is 1. The van der Waals surface area contributed by atoms with E-state index in [0.717, 1.165) is 16.5 Å². The number of sulfone groups is 1. The number of fused-ring (bicyclic) bond motifs is 1. The molecule has 4 heterocycles. The number of pyridine rings is 1. The Kier molecular flexibility index (Phi) is 8.50. The van der Waals surface area contributed by atoms with Crippen LogP contribution in [0.25, 0.3) is 10.8 Å². The summed E-state index contributed by atoms with van der Waals surface area (Å²) < 4.78 is 44.6. The van der Waals surface area contributed by atoms with E-state index in [0.29, 0.717) is 43.0 Å². The number of anilines is 4. The van der Waals surface area contributed by atoms with E-state index < -0.39 is 27.4 Å². The molecule has 0 spiro atoms. The van der Waals surface area contributed by atoms with Crippen LogP contribution in [0.1, 0.15) is 38.7 Å². The van der Waals surface area contributed by atoms with Gasteiger partial charge in [-0.05, 0) is 53.7 Å². The van der Waals surface area contributed by atoms with Crippen molar-refractivity contribution in [3.05, 3.63) is 42.2 Å². The third kappa shape index (κ3) is 6.85. The van der Waals surface area contributed by atoms with Crippen molar-refractivity contribution in [1.29, 1.82) is 0 Å². The van der Waals surface area contributed by atoms with Crippen LogP contribution in [0.4, 0.5) is 27.7 Å². The summed E-state index contributed by atoms with van der Waals surface area (Å²) in [5.41, 5.74) is 2.27. The van der Waals surface area contributed by atoms with Crippen molar-refractivity contribution in [1.82, 2.24) is 15.0 Å². The van der Waals surface area contributed by atoms with E-state index in [9.17, 15) is 12.8 Å². The Labute approximate surface area is 251 Å². The third-order valence-electron chi connectivity index (χ3n) is 8.13. The van der Waals surface area contributed by atoms with Crippen molar-refractivity contribution in [2.24, 2.45) is 5.92 Å². The summed E-state index contributed by atoms with van der Waals surface area (Å²) in [7, 11) is 2.80. The van der Waals surface area contributed by atoms with Gasteiger partial charge in [0.15, 0.2) is 0 Å². The van der Waals surface area contributed by atoms with E-state index in [1.54, 1.807) is 12.3 Å². The second-order valence-electron chi connectivity index (χ2n) is 13.1. The van der Waals surface area contributed by atoms with Crippen molar-refractivity contribution < 1.29 is 17.5 Å². The van der Waals surface area contributed by atoms with E-state index in [1.165, 1.54) is 11.8 Å². The Balaban J connectivity index is 1.35. The van der Waals surface area contributed by atoms with Gasteiger partial charge < -0.3 is 19.9 Å². The maximum Gasteiger partial charge on any atom is 0.227 e. The van der Waals surface area contributed by atoms with Crippen molar-refractivity contribution in [3.63, 3.8) is 0 Å². The van der Waals surface area contributed by atoms with Gasteiger partial charge in [0.25, 0.3) is 0 Å². The number of halogens is 1. The Morgan fingerprint density at radius 2 is 1.90 bits per heavy atom. The number of hydrogen-bond acceptors (Lipinski definition) is 9. The summed E-state index contributed by atoms with van der Waals surface area (Å²) in [6.07, 6.45) is 3.86. The molecule has 2 aliphatic rings. The molecular weight excluding hydrogens is 552 g/mol. The van der Waals surface area contributed by atoms with Gasteiger partial charge in [0.1, 0.15) is 51.2 Å². The second-order valence-corrected chi connectivity index (χ2v) is 15.3. The SMILES string of the molecule is BC(B)(B)O[C@@H]1CCN(c2nccc(Nc3cc4c(C(C)C)ccc(N5C[C@H](CS(C)(=O)=O)[C@H]5C)c4cn3)n2)C[C@@H]1F. The number of nitrogens with zero attached hydrogens (tertiary/aromatic N) is 5. The molecule has 0 aliphatic carbocycles. The predicted octanol–water partition coefficient (Wildman–Crippen LogP) is 1.21. The topological polar surface area (TPSA) is 101 Å². The van der Waals surface area contributed by atoms with E-state index >= 15 is 0 Å². The molecule has 0 saturated carbocycles. The van der Waals surface area contributed by atoms with Gasteiger partial charge in [0.2, 0.25) is 5.95 Å². The molecule has 5 rings (SSSR count). The van der Waals surface area contributed by atoms with Crippen LogP contribution < -0.4 is 15.1 Å². The van der Waals surface area contributed by atoms with Crippen LogP contribution in [-0.2, 0) is 14.6 Å². The molecule has 0 radical (unpaired) electrons. The summed E-state index contributed by atoms with van der Waals surface area (Å²) >= 11 is 0. The molecule has 3 aromatic rings. The maximum absolute atomic E-state index is 15.0. The fourth-order valence-electron chi connectivity index (χ4n) is 6.01. The van der Waals surface area contributed by atoms with Crippen LogP contribution in [0.15, 0.2) is 36.7 Å². The van der Waals surface area contributed by atoms with E-state index in [-0.39, 0.29) is 24.3 Å². The molecule has 222 valence electrons. The number of benzene rings is 1. The number of nitrogens with one attached hydrogen (secondary N) is 1. The molecule has 9 nitrogen and oxygen atoms in total. The fourth-order valence-corrected chi connectivity index (χ4v) is 7.17. The summed E-state index contributed by atoms with van der Waals surface area (Å²) in [5.74, 6) is 2.32. The highest BCUT2D eigenvalue weighted by atomic mass is 32.2. The average Bonchev–Trinajstić information content (AvgIpc) is 2.90. The zero-order valence-electron chi connectivity index (χ0n) is 25.6. The van der Waals surface area contributed by atoms with Gasteiger partial charge in [-0.15, -0.1) is 0 Å². The minimum absolute atomic E-state index is 0.116. The molecule has 42 heavy (non-hydrogen) atoms. The lowest BCUT2D eigenvalue weighted by molar-refractivity contribution is -0.0185. The summed E-state index contributed by atoms with van der Waals surface area (Å²) in [6.45, 7) is 7.91. The number of ether oxygens (including phenoxy) is 1. The standard InChI is InChI=1S/C28H40B3FN6O3S/c1-16(2)19-5-6-23(38-13-18(17(38)3)15-42(4,39)40)21-12-34-26(11-20(19)21)35-25-7-9-33-27(36-25)37-10-8-24(22(32)14-37)41-28(29,30)31/h5-7,9,11-12,16-18,22,24H,8,10,13-15,29-31H2,1-4H3,(H,33,34,35,36)/t17-,18-,22+,24-/m1/s1. The Bertz CT molecular complexity index is 1560. The highest BCUT2D eigenvalue weighted by Crippen LogP contribution is 2.39. The molecule has 2 aliphatic heterocycles. The summed E-state index contributed by atoms with van der Waals surface area (Å²) in [5, 5.41) is 5.06. The lowest BCUT2D eigenvalue weighted by atomic mass is 9.52. The van der Waals surface area contributed by atoms with Crippen molar-refractivity contribution in [3.8, 4) is 0 Å². The van der Waals surface area contributed by atoms with Crippen LogP contribution >= 0.6 is 0 Å². The van der Waals surface area contributed by atoms with Gasteiger partial charge in [0.05, 0.1) is 18.4 Å². The zero-order valence-corrected chi connectivity index (χ0v) is 26.4. The first-order chi connectivity index (χ1) is 19.7. The monoisotopic (exact) mass is 592 g/mol. The fraction of sp³-hybridized carbons (Fsp3) is 0.536. The van der Waals surface area contributed by atoms with Gasteiger partial charge in [0, 0.05) is 54.8 Å². The highest BCUT2D eigenvalue weighted by molar-refractivity contribution is 7.90. The molecule has 0 bridgehead atoms. The zero-order chi connectivity index (χ0) is 30.4.